The van der Waals surface area contributed by atoms with Gasteiger partial charge in [-0.25, -0.2) is 13.6 Å². The number of nitrogens with zero attached hydrogens (tertiary/aromatic N) is 2. The second-order valence-corrected chi connectivity index (χ2v) is 9.63. The summed E-state index contributed by atoms with van der Waals surface area (Å²) in [5.74, 6) is -0.354. The summed E-state index contributed by atoms with van der Waals surface area (Å²) in [5.41, 5.74) is 5.28. The molecule has 0 saturated carbocycles. The number of morpholine rings is 1. The third-order valence-corrected chi connectivity index (χ3v) is 7.09. The summed E-state index contributed by atoms with van der Waals surface area (Å²) in [6.07, 6.45) is 1.97. The number of benzene rings is 3. The molecule has 2 aliphatic heterocycles. The van der Waals surface area contributed by atoms with Crippen LogP contribution in [0.2, 0.25) is 0 Å². The van der Waals surface area contributed by atoms with Crippen molar-refractivity contribution in [1.82, 2.24) is 14.5 Å². The van der Waals surface area contributed by atoms with Crippen LogP contribution in [0.1, 0.15) is 35.2 Å². The van der Waals surface area contributed by atoms with Crippen LogP contribution < -0.4 is 10.4 Å². The lowest BCUT2D eigenvalue weighted by atomic mass is 9.92. The first-order valence-corrected chi connectivity index (χ1v) is 12.4. The fraction of sp³-hybridized carbons (Fsp3) is 0.276. The Balaban J connectivity index is 1.41. The van der Waals surface area contributed by atoms with E-state index in [0.717, 1.165) is 52.9 Å². The highest BCUT2D eigenvalue weighted by Crippen LogP contribution is 2.38. The molecule has 0 spiro atoms. The van der Waals surface area contributed by atoms with Gasteiger partial charge in [0.1, 0.15) is 24.0 Å². The van der Waals surface area contributed by atoms with Gasteiger partial charge in [0.05, 0.1) is 24.2 Å². The largest absolute Gasteiger partial charge is 0.488 e. The fourth-order valence-electron chi connectivity index (χ4n) is 5.32. The van der Waals surface area contributed by atoms with Crippen molar-refractivity contribution in [3.05, 3.63) is 99.0 Å². The molecule has 0 bridgehead atoms. The van der Waals surface area contributed by atoms with Gasteiger partial charge in [-0.2, -0.15) is 0 Å². The highest BCUT2D eigenvalue weighted by molar-refractivity contribution is 5.95. The fourth-order valence-corrected chi connectivity index (χ4v) is 5.32. The molecule has 37 heavy (non-hydrogen) atoms. The molecule has 1 atom stereocenters. The number of hydrogen-bond acceptors (Lipinski definition) is 4. The molecule has 1 fully saturated rings. The van der Waals surface area contributed by atoms with E-state index in [1.165, 1.54) is 24.3 Å². The molecule has 0 radical (unpaired) electrons. The first kappa shape index (κ1) is 23.6. The minimum Gasteiger partial charge on any atom is -0.488 e. The monoisotopic (exact) mass is 503 g/mol. The summed E-state index contributed by atoms with van der Waals surface area (Å²) < 4.78 is 41.1. The number of H-pyrrole nitrogens is 1. The molecule has 0 amide bonds. The standard InChI is InChI=1S/C29H27F2N3O3/c1-18(16-33-8-10-36-11-9-33)34-27-7-2-19(13-26(27)32-29(34)35)12-25-23-5-3-21(30)14-20(23)17-37-28-15-22(31)4-6-24(25)28/h2-7,12-15,18H,8-11,16-17H2,1H3,(H,32,35)/t18-/m0/s1. The van der Waals surface area contributed by atoms with Gasteiger partial charge in [-0.15, -0.1) is 0 Å². The Hall–Kier alpha value is -3.75. The molecule has 1 N–H and O–H groups in total. The van der Waals surface area contributed by atoms with E-state index in [4.69, 9.17) is 9.47 Å². The molecular weight excluding hydrogens is 476 g/mol. The van der Waals surface area contributed by atoms with Gasteiger partial charge in [-0.05, 0) is 66.1 Å². The quantitative estimate of drug-likeness (QED) is 0.427. The van der Waals surface area contributed by atoms with Crippen LogP contribution in [0.15, 0.2) is 59.4 Å². The minimum atomic E-state index is -0.401. The number of ether oxygens (including phenoxy) is 2. The maximum Gasteiger partial charge on any atom is 0.326 e. The van der Waals surface area contributed by atoms with Crippen molar-refractivity contribution >= 4 is 22.7 Å². The van der Waals surface area contributed by atoms with Crippen LogP contribution in [0.3, 0.4) is 0 Å². The zero-order chi connectivity index (χ0) is 25.5. The van der Waals surface area contributed by atoms with Crippen molar-refractivity contribution in [3.8, 4) is 5.75 Å². The van der Waals surface area contributed by atoms with Gasteiger partial charge in [0.25, 0.3) is 0 Å². The minimum absolute atomic E-state index is 0.00823. The number of aromatic nitrogens is 2. The number of hydrogen-bond donors (Lipinski definition) is 1. The van der Waals surface area contributed by atoms with E-state index in [0.29, 0.717) is 24.5 Å². The Labute approximate surface area is 212 Å². The Bertz CT molecular complexity index is 1510. The van der Waals surface area contributed by atoms with Crippen LogP contribution in [0.5, 0.6) is 5.75 Å². The van der Waals surface area contributed by atoms with Gasteiger partial charge >= 0.3 is 5.69 Å². The van der Waals surface area contributed by atoms with Crippen molar-refractivity contribution in [3.63, 3.8) is 0 Å². The van der Waals surface area contributed by atoms with E-state index in [-0.39, 0.29) is 24.2 Å². The smallest absolute Gasteiger partial charge is 0.326 e. The SMILES string of the molecule is C[C@@H](CN1CCOCC1)n1c(=O)[nH]c2cc(C=C3c4ccc(F)cc4COc4cc(F)ccc43)ccc21. The Morgan fingerprint density at radius 1 is 1.00 bits per heavy atom. The molecule has 190 valence electrons. The van der Waals surface area contributed by atoms with Gasteiger partial charge in [0, 0.05) is 42.9 Å². The van der Waals surface area contributed by atoms with Crippen LogP contribution in [0.4, 0.5) is 8.78 Å². The van der Waals surface area contributed by atoms with Crippen molar-refractivity contribution in [2.75, 3.05) is 32.8 Å². The van der Waals surface area contributed by atoms with Gasteiger partial charge in [-0.3, -0.25) is 9.47 Å². The number of nitrogens with one attached hydrogen (secondary N) is 1. The lowest BCUT2D eigenvalue weighted by Gasteiger charge is -2.29. The van der Waals surface area contributed by atoms with E-state index < -0.39 is 5.82 Å². The summed E-state index contributed by atoms with van der Waals surface area (Å²) in [6.45, 7) is 6.10. The summed E-state index contributed by atoms with van der Waals surface area (Å²) >= 11 is 0. The summed E-state index contributed by atoms with van der Waals surface area (Å²) in [5, 5.41) is 0. The molecule has 6 rings (SSSR count). The predicted molar refractivity (Wildman–Crippen MR) is 139 cm³/mol. The van der Waals surface area contributed by atoms with Gasteiger partial charge in [-0.1, -0.05) is 12.1 Å². The lowest BCUT2D eigenvalue weighted by Crippen LogP contribution is -2.40. The second kappa shape index (κ2) is 9.61. The highest BCUT2D eigenvalue weighted by atomic mass is 19.1. The number of fused-ring (bicyclic) bond motifs is 3. The molecule has 8 heteroatoms. The Kier molecular flexibility index (Phi) is 6.14. The third kappa shape index (κ3) is 4.58. The average Bonchev–Trinajstić information content (AvgIpc) is 3.14. The molecule has 4 aromatic rings. The van der Waals surface area contributed by atoms with Gasteiger partial charge in [0.15, 0.2) is 0 Å². The first-order valence-electron chi connectivity index (χ1n) is 12.4. The highest BCUT2D eigenvalue weighted by Gasteiger charge is 2.22. The molecule has 3 heterocycles. The normalized spacial score (nSPS) is 17.8. The van der Waals surface area contributed by atoms with Crippen LogP contribution in [-0.4, -0.2) is 47.3 Å². The van der Waals surface area contributed by atoms with Crippen LogP contribution in [0.25, 0.3) is 22.7 Å². The summed E-state index contributed by atoms with van der Waals surface area (Å²) in [6, 6.07) is 14.8. The number of rotatable bonds is 4. The Morgan fingerprint density at radius 2 is 1.76 bits per heavy atom. The zero-order valence-electron chi connectivity index (χ0n) is 20.5. The van der Waals surface area contributed by atoms with Crippen LogP contribution in [0, 0.1) is 11.6 Å². The lowest BCUT2D eigenvalue weighted by molar-refractivity contribution is 0.0326. The molecule has 2 aliphatic rings. The van der Waals surface area contributed by atoms with Crippen molar-refractivity contribution in [2.45, 2.75) is 19.6 Å². The predicted octanol–water partition coefficient (Wildman–Crippen LogP) is 4.98. The molecule has 1 saturated heterocycles. The number of halogens is 2. The number of aromatic amines is 1. The maximum absolute atomic E-state index is 14.0. The molecule has 3 aromatic carbocycles. The molecule has 0 aliphatic carbocycles. The van der Waals surface area contributed by atoms with E-state index >= 15 is 0 Å². The van der Waals surface area contributed by atoms with Crippen LogP contribution in [-0.2, 0) is 11.3 Å². The third-order valence-electron chi connectivity index (χ3n) is 7.09. The second-order valence-electron chi connectivity index (χ2n) is 9.63. The zero-order valence-corrected chi connectivity index (χ0v) is 20.5. The number of imidazole rings is 1. The van der Waals surface area contributed by atoms with E-state index in [9.17, 15) is 13.6 Å². The van der Waals surface area contributed by atoms with Crippen molar-refractivity contribution in [1.29, 1.82) is 0 Å². The van der Waals surface area contributed by atoms with E-state index in [1.807, 2.05) is 24.3 Å². The Morgan fingerprint density at radius 3 is 2.57 bits per heavy atom. The average molecular weight is 504 g/mol. The maximum atomic E-state index is 14.0. The molecular formula is C29H27F2N3O3. The van der Waals surface area contributed by atoms with Gasteiger partial charge < -0.3 is 14.5 Å². The first-order chi connectivity index (χ1) is 18.0. The molecule has 0 unspecified atom stereocenters. The summed E-state index contributed by atoms with van der Waals surface area (Å²) in [4.78, 5) is 18.2. The molecule has 1 aromatic heterocycles. The topological polar surface area (TPSA) is 59.5 Å². The van der Waals surface area contributed by atoms with Crippen LogP contribution >= 0.6 is 0 Å². The van der Waals surface area contributed by atoms with Crippen molar-refractivity contribution < 1.29 is 18.3 Å². The summed E-state index contributed by atoms with van der Waals surface area (Å²) in [7, 11) is 0. The van der Waals surface area contributed by atoms with E-state index in [2.05, 4.69) is 16.8 Å². The van der Waals surface area contributed by atoms with Gasteiger partial charge in [0.2, 0.25) is 0 Å². The van der Waals surface area contributed by atoms with Crippen molar-refractivity contribution in [2.24, 2.45) is 0 Å². The van der Waals surface area contributed by atoms with E-state index in [1.54, 1.807) is 16.7 Å². The molecule has 6 nitrogen and oxygen atoms in total.